The number of likely N-dealkylation sites (N-methyl/N-ethyl adjacent to an activating group) is 1. The van der Waals surface area contributed by atoms with Gasteiger partial charge in [0, 0.05) is 18.7 Å². The van der Waals surface area contributed by atoms with Crippen LogP contribution in [0.4, 0.5) is 15.8 Å². The van der Waals surface area contributed by atoms with Gasteiger partial charge in [0.2, 0.25) is 0 Å². The first kappa shape index (κ1) is 15.2. The van der Waals surface area contributed by atoms with Crippen molar-refractivity contribution in [3.63, 3.8) is 0 Å². The van der Waals surface area contributed by atoms with Crippen LogP contribution in [0.3, 0.4) is 0 Å². The van der Waals surface area contributed by atoms with E-state index in [0.717, 1.165) is 6.07 Å². The van der Waals surface area contributed by atoms with Crippen molar-refractivity contribution in [1.29, 1.82) is 0 Å². The van der Waals surface area contributed by atoms with Gasteiger partial charge >= 0.3 is 5.69 Å². The van der Waals surface area contributed by atoms with Crippen LogP contribution in [0.2, 0.25) is 0 Å². The number of nitrogens with zero attached hydrogens (tertiary/aromatic N) is 2. The zero-order valence-electron chi connectivity index (χ0n) is 11.4. The van der Waals surface area contributed by atoms with Gasteiger partial charge in [0.1, 0.15) is 0 Å². The molecular formula is C12H18FN3O3. The molecule has 0 radical (unpaired) electrons. The van der Waals surface area contributed by atoms with Crippen LogP contribution in [-0.4, -0.2) is 43.6 Å². The molecule has 1 unspecified atom stereocenters. The summed E-state index contributed by atoms with van der Waals surface area (Å²) in [5.74, 6) is -0.635. The largest absolute Gasteiger partial charge is 0.490 e. The van der Waals surface area contributed by atoms with Gasteiger partial charge < -0.3 is 15.0 Å². The molecule has 0 aliphatic heterocycles. The fourth-order valence-corrected chi connectivity index (χ4v) is 1.82. The van der Waals surface area contributed by atoms with Crippen LogP contribution < -0.4 is 10.1 Å². The van der Waals surface area contributed by atoms with Gasteiger partial charge in [-0.2, -0.15) is 0 Å². The molecule has 1 rings (SSSR count). The Bertz CT molecular complexity index is 466. The molecule has 1 aromatic rings. The number of hydrogen-bond donors (Lipinski definition) is 1. The summed E-state index contributed by atoms with van der Waals surface area (Å²) in [6.45, 7) is 2.60. The summed E-state index contributed by atoms with van der Waals surface area (Å²) in [5.41, 5.74) is -0.192. The van der Waals surface area contributed by atoms with Crippen LogP contribution in [0.5, 0.6) is 5.75 Å². The maximum absolute atomic E-state index is 13.8. The zero-order valence-corrected chi connectivity index (χ0v) is 11.4. The molecule has 0 aromatic heterocycles. The van der Waals surface area contributed by atoms with Crippen molar-refractivity contribution < 1.29 is 14.1 Å². The molecule has 6 nitrogen and oxygen atoms in total. The summed E-state index contributed by atoms with van der Waals surface area (Å²) >= 11 is 0. The molecule has 1 aromatic carbocycles. The summed E-state index contributed by atoms with van der Waals surface area (Å²) in [7, 11) is 5.13. The van der Waals surface area contributed by atoms with E-state index in [1.807, 2.05) is 25.9 Å². The molecule has 0 aliphatic rings. The molecule has 106 valence electrons. The molecule has 0 heterocycles. The molecule has 1 N–H and O–H groups in total. The highest BCUT2D eigenvalue weighted by Crippen LogP contribution is 2.32. The Morgan fingerprint density at radius 2 is 2.16 bits per heavy atom. The average molecular weight is 271 g/mol. The third kappa shape index (κ3) is 4.06. The Balaban J connectivity index is 2.99. The number of ether oxygens (including phenoxy) is 1. The van der Waals surface area contributed by atoms with E-state index < -0.39 is 10.7 Å². The zero-order chi connectivity index (χ0) is 14.6. The quantitative estimate of drug-likeness (QED) is 0.634. The SMILES string of the molecule is COc1cc(NC(C)CN(C)C)c(F)cc1[N+](=O)[O-]. The number of nitro benzene ring substituents is 1. The molecule has 0 saturated heterocycles. The van der Waals surface area contributed by atoms with E-state index >= 15 is 0 Å². The lowest BCUT2D eigenvalue weighted by Crippen LogP contribution is -2.29. The summed E-state index contributed by atoms with van der Waals surface area (Å²) in [6, 6.07) is 2.17. The predicted molar refractivity (Wildman–Crippen MR) is 71.2 cm³/mol. The Kier molecular flexibility index (Phi) is 5.05. The predicted octanol–water partition coefficient (Wildman–Crippen LogP) is 2.10. The molecule has 0 bridgehead atoms. The molecule has 7 heteroatoms. The van der Waals surface area contributed by atoms with Crippen molar-refractivity contribution in [2.24, 2.45) is 0 Å². The van der Waals surface area contributed by atoms with Crippen LogP contribution in [0, 0.1) is 15.9 Å². The second-order valence-corrected chi connectivity index (χ2v) is 4.57. The van der Waals surface area contributed by atoms with Gasteiger partial charge in [0.15, 0.2) is 11.6 Å². The average Bonchev–Trinajstić information content (AvgIpc) is 2.29. The van der Waals surface area contributed by atoms with Crippen molar-refractivity contribution in [2.75, 3.05) is 33.1 Å². The highest BCUT2D eigenvalue weighted by atomic mass is 19.1. The molecule has 1 atom stereocenters. The highest BCUT2D eigenvalue weighted by molar-refractivity contribution is 5.59. The van der Waals surface area contributed by atoms with Crippen molar-refractivity contribution in [3.8, 4) is 5.75 Å². The third-order valence-electron chi connectivity index (χ3n) is 2.51. The lowest BCUT2D eigenvalue weighted by atomic mass is 10.2. The van der Waals surface area contributed by atoms with Gasteiger partial charge in [-0.15, -0.1) is 0 Å². The smallest absolute Gasteiger partial charge is 0.313 e. The number of methoxy groups -OCH3 is 1. The van der Waals surface area contributed by atoms with Gasteiger partial charge in [0.05, 0.1) is 23.8 Å². The van der Waals surface area contributed by atoms with E-state index in [1.165, 1.54) is 13.2 Å². The molecule has 19 heavy (non-hydrogen) atoms. The first-order chi connectivity index (χ1) is 8.85. The number of rotatable bonds is 6. The molecule has 0 amide bonds. The standard InChI is InChI=1S/C12H18FN3O3/c1-8(7-15(2)3)14-10-6-12(19-4)11(16(17)18)5-9(10)13/h5-6,8,14H,7H2,1-4H3. The first-order valence-corrected chi connectivity index (χ1v) is 5.78. The van der Waals surface area contributed by atoms with Crippen LogP contribution >= 0.6 is 0 Å². The van der Waals surface area contributed by atoms with Crippen LogP contribution in [-0.2, 0) is 0 Å². The Hall–Kier alpha value is -1.89. The summed E-state index contributed by atoms with van der Waals surface area (Å²) < 4.78 is 18.7. The Morgan fingerprint density at radius 1 is 1.53 bits per heavy atom. The highest BCUT2D eigenvalue weighted by Gasteiger charge is 2.20. The fourth-order valence-electron chi connectivity index (χ4n) is 1.82. The number of hydrogen-bond acceptors (Lipinski definition) is 5. The molecular weight excluding hydrogens is 253 g/mol. The minimum Gasteiger partial charge on any atom is -0.490 e. The lowest BCUT2D eigenvalue weighted by Gasteiger charge is -2.20. The van der Waals surface area contributed by atoms with Gasteiger partial charge in [-0.05, 0) is 21.0 Å². The van der Waals surface area contributed by atoms with Crippen molar-refractivity contribution >= 4 is 11.4 Å². The van der Waals surface area contributed by atoms with Crippen LogP contribution in [0.1, 0.15) is 6.92 Å². The summed E-state index contributed by atoms with van der Waals surface area (Å²) in [6.07, 6.45) is 0. The van der Waals surface area contributed by atoms with Crippen LogP contribution in [0.25, 0.3) is 0 Å². The monoisotopic (exact) mass is 271 g/mol. The number of nitro groups is 1. The molecule has 0 saturated carbocycles. The van der Waals surface area contributed by atoms with E-state index in [2.05, 4.69) is 5.32 Å². The number of benzene rings is 1. The van der Waals surface area contributed by atoms with E-state index in [-0.39, 0.29) is 23.2 Å². The topological polar surface area (TPSA) is 67.6 Å². The van der Waals surface area contributed by atoms with E-state index in [0.29, 0.717) is 6.54 Å². The van der Waals surface area contributed by atoms with Gasteiger partial charge in [0.25, 0.3) is 0 Å². The second kappa shape index (κ2) is 6.33. The maximum Gasteiger partial charge on any atom is 0.313 e. The minimum absolute atomic E-state index is 0.00402. The van der Waals surface area contributed by atoms with E-state index in [1.54, 1.807) is 0 Å². The third-order valence-corrected chi connectivity index (χ3v) is 2.51. The normalized spacial score (nSPS) is 12.3. The van der Waals surface area contributed by atoms with Gasteiger partial charge in [-0.1, -0.05) is 0 Å². The maximum atomic E-state index is 13.8. The van der Waals surface area contributed by atoms with Crippen molar-refractivity contribution in [2.45, 2.75) is 13.0 Å². The Morgan fingerprint density at radius 3 is 2.63 bits per heavy atom. The lowest BCUT2D eigenvalue weighted by molar-refractivity contribution is -0.385. The molecule has 0 aliphatic carbocycles. The summed E-state index contributed by atoms with van der Waals surface area (Å²) in [4.78, 5) is 12.0. The first-order valence-electron chi connectivity index (χ1n) is 5.78. The Labute approximate surface area is 111 Å². The molecule has 0 fully saturated rings. The van der Waals surface area contributed by atoms with E-state index in [4.69, 9.17) is 4.74 Å². The van der Waals surface area contributed by atoms with Gasteiger partial charge in [-0.3, -0.25) is 10.1 Å². The molecule has 0 spiro atoms. The second-order valence-electron chi connectivity index (χ2n) is 4.57. The van der Waals surface area contributed by atoms with Crippen LogP contribution in [0.15, 0.2) is 12.1 Å². The number of anilines is 1. The van der Waals surface area contributed by atoms with Crippen molar-refractivity contribution in [3.05, 3.63) is 28.1 Å². The number of halogens is 1. The minimum atomic E-state index is -0.672. The fraction of sp³-hybridized carbons (Fsp3) is 0.500. The summed E-state index contributed by atoms with van der Waals surface area (Å²) in [5, 5.41) is 13.7. The van der Waals surface area contributed by atoms with E-state index in [9.17, 15) is 14.5 Å². The van der Waals surface area contributed by atoms with Crippen molar-refractivity contribution in [1.82, 2.24) is 4.90 Å². The number of nitrogens with one attached hydrogen (secondary N) is 1. The van der Waals surface area contributed by atoms with Gasteiger partial charge in [-0.25, -0.2) is 4.39 Å².